The molecule has 6 heteroatoms. The minimum Gasteiger partial charge on any atom is -0.479 e. The Labute approximate surface area is 111 Å². The molecule has 6 nitrogen and oxygen atoms in total. The van der Waals surface area contributed by atoms with Crippen LogP contribution >= 0.6 is 0 Å². The third-order valence-corrected chi connectivity index (χ3v) is 2.29. The zero-order valence-corrected chi connectivity index (χ0v) is 10.8. The monoisotopic (exact) mass is 264 g/mol. The summed E-state index contributed by atoms with van der Waals surface area (Å²) >= 11 is 0. The maximum atomic E-state index is 11.0. The van der Waals surface area contributed by atoms with Crippen LogP contribution in [-0.2, 0) is 14.3 Å². The summed E-state index contributed by atoms with van der Waals surface area (Å²) in [5, 5.41) is 23.8. The maximum Gasteiger partial charge on any atom is 0.337 e. The van der Waals surface area contributed by atoms with Crippen LogP contribution in [0.4, 0.5) is 0 Å². The van der Waals surface area contributed by atoms with Crippen LogP contribution in [0.25, 0.3) is 0 Å². The molecule has 1 rings (SSSR count). The second-order valence-electron chi connectivity index (χ2n) is 3.78. The number of carboxylic acid groups (broad SMARTS) is 1. The fourth-order valence-electron chi connectivity index (χ4n) is 1.50. The Morgan fingerprint density at radius 3 is 2.32 bits per heavy atom. The Balaban J connectivity index is 2.88. The highest BCUT2D eigenvalue weighted by molar-refractivity contribution is 5.98. The lowest BCUT2D eigenvalue weighted by Crippen LogP contribution is -2.15. The van der Waals surface area contributed by atoms with E-state index < -0.39 is 12.1 Å². The number of aliphatic carboxylic acids is 1. The Bertz CT molecular complexity index is 482. The molecule has 1 aromatic rings. The van der Waals surface area contributed by atoms with Gasteiger partial charge in [-0.1, -0.05) is 12.1 Å². The van der Waals surface area contributed by atoms with E-state index in [1.807, 2.05) is 0 Å². The van der Waals surface area contributed by atoms with Gasteiger partial charge in [0.2, 0.25) is 5.90 Å². The van der Waals surface area contributed by atoms with Crippen molar-refractivity contribution in [2.45, 2.75) is 20.0 Å². The lowest BCUT2D eigenvalue weighted by atomic mass is 10.1. The van der Waals surface area contributed by atoms with Crippen molar-refractivity contribution in [1.82, 2.24) is 0 Å². The molecule has 1 unspecified atom stereocenters. The third-order valence-electron chi connectivity index (χ3n) is 2.29. The summed E-state index contributed by atoms with van der Waals surface area (Å²) in [6.07, 6.45) is -1.02. The lowest BCUT2D eigenvalue weighted by molar-refractivity contribution is -0.150. The number of hydrogen-bond donors (Lipinski definition) is 3. The first-order chi connectivity index (χ1) is 8.95. The molecule has 0 aromatic heterocycles. The number of hydrogen-bond acceptors (Lipinski definition) is 5. The maximum absolute atomic E-state index is 11.0. The normalized spacial score (nSPS) is 11.7. The molecular formula is C13H16N2O4. The summed E-state index contributed by atoms with van der Waals surface area (Å²) in [5.41, 5.74) is 0.966. The lowest BCUT2D eigenvalue weighted by Gasteiger charge is -2.13. The molecule has 0 amide bonds. The summed E-state index contributed by atoms with van der Waals surface area (Å²) in [6.45, 7) is 3.45. The molecule has 0 radical (unpaired) electrons. The van der Waals surface area contributed by atoms with Crippen LogP contribution in [0.5, 0.6) is 0 Å². The van der Waals surface area contributed by atoms with Gasteiger partial charge in [0.15, 0.2) is 12.0 Å². The van der Waals surface area contributed by atoms with Crippen LogP contribution in [-0.4, -0.2) is 29.5 Å². The van der Waals surface area contributed by atoms with Crippen molar-refractivity contribution in [3.63, 3.8) is 0 Å². The van der Waals surface area contributed by atoms with E-state index in [-0.39, 0.29) is 11.8 Å². The Hall–Kier alpha value is -2.21. The number of carboxylic acids is 1. The molecule has 0 fully saturated rings. The molecule has 102 valence electrons. The van der Waals surface area contributed by atoms with Gasteiger partial charge in [0.05, 0.1) is 0 Å². The molecule has 0 bridgehead atoms. The van der Waals surface area contributed by atoms with E-state index in [4.69, 9.17) is 25.4 Å². The molecular weight excluding hydrogens is 248 g/mol. The van der Waals surface area contributed by atoms with Crippen molar-refractivity contribution in [2.24, 2.45) is 0 Å². The van der Waals surface area contributed by atoms with Gasteiger partial charge in [-0.05, 0) is 24.6 Å². The highest BCUT2D eigenvalue weighted by Crippen LogP contribution is 2.18. The van der Waals surface area contributed by atoms with Crippen molar-refractivity contribution < 1.29 is 19.4 Å². The van der Waals surface area contributed by atoms with Crippen molar-refractivity contribution in [2.75, 3.05) is 6.61 Å². The van der Waals surface area contributed by atoms with Crippen molar-refractivity contribution >= 4 is 17.8 Å². The van der Waals surface area contributed by atoms with E-state index >= 15 is 0 Å². The van der Waals surface area contributed by atoms with E-state index in [9.17, 15) is 4.79 Å². The molecule has 0 heterocycles. The molecule has 1 aromatic carbocycles. The Kier molecular flexibility index (Phi) is 5.20. The molecule has 0 saturated carbocycles. The summed E-state index contributed by atoms with van der Waals surface area (Å²) in [4.78, 5) is 11.0. The van der Waals surface area contributed by atoms with Crippen molar-refractivity contribution in [3.8, 4) is 0 Å². The third kappa shape index (κ3) is 4.18. The Morgan fingerprint density at radius 2 is 1.89 bits per heavy atom. The fourth-order valence-corrected chi connectivity index (χ4v) is 1.50. The standard InChI is InChI=1S/C13H16N2O4/c1-3-18-11(13(16)17)9-4-6-10(7-5-9)12(15)19-8(2)14/h4-7,11,14-15H,3H2,1-2H3,(H,16,17). The molecule has 1 atom stereocenters. The van der Waals surface area contributed by atoms with E-state index in [0.717, 1.165) is 0 Å². The van der Waals surface area contributed by atoms with Crippen molar-refractivity contribution in [3.05, 3.63) is 35.4 Å². The van der Waals surface area contributed by atoms with Gasteiger partial charge in [0.1, 0.15) is 0 Å². The minimum absolute atomic E-state index is 0.0770. The SMILES string of the molecule is CCOC(C(=O)O)c1ccc(C(=N)OC(C)=N)cc1. The van der Waals surface area contributed by atoms with Gasteiger partial charge in [-0.3, -0.25) is 10.8 Å². The Morgan fingerprint density at radius 1 is 1.32 bits per heavy atom. The van der Waals surface area contributed by atoms with Crippen LogP contribution in [0.3, 0.4) is 0 Å². The number of ether oxygens (including phenoxy) is 2. The summed E-state index contributed by atoms with van der Waals surface area (Å²) in [5.74, 6) is -1.29. The summed E-state index contributed by atoms with van der Waals surface area (Å²) < 4.78 is 9.99. The van der Waals surface area contributed by atoms with Gasteiger partial charge in [-0.15, -0.1) is 0 Å². The fraction of sp³-hybridized carbons (Fsp3) is 0.308. The minimum atomic E-state index is -1.06. The van der Waals surface area contributed by atoms with Crippen LogP contribution in [0.2, 0.25) is 0 Å². The molecule has 0 saturated heterocycles. The molecule has 3 N–H and O–H groups in total. The van der Waals surface area contributed by atoms with E-state index in [0.29, 0.717) is 17.7 Å². The van der Waals surface area contributed by atoms with Gasteiger partial charge < -0.3 is 14.6 Å². The average molecular weight is 264 g/mol. The second kappa shape index (κ2) is 6.65. The van der Waals surface area contributed by atoms with E-state index in [1.165, 1.54) is 6.92 Å². The van der Waals surface area contributed by atoms with E-state index in [2.05, 4.69) is 0 Å². The smallest absolute Gasteiger partial charge is 0.337 e. The quantitative estimate of drug-likeness (QED) is 0.560. The van der Waals surface area contributed by atoms with Gasteiger partial charge >= 0.3 is 5.97 Å². The predicted molar refractivity (Wildman–Crippen MR) is 69.8 cm³/mol. The largest absolute Gasteiger partial charge is 0.479 e. The number of benzene rings is 1. The molecule has 0 aliphatic heterocycles. The second-order valence-corrected chi connectivity index (χ2v) is 3.78. The topological polar surface area (TPSA) is 103 Å². The van der Waals surface area contributed by atoms with Crippen LogP contribution in [0, 0.1) is 10.8 Å². The van der Waals surface area contributed by atoms with Gasteiger partial charge in [-0.25, -0.2) is 4.79 Å². The molecule has 0 aliphatic rings. The first kappa shape index (κ1) is 14.8. The zero-order chi connectivity index (χ0) is 14.4. The van der Waals surface area contributed by atoms with Crippen molar-refractivity contribution in [1.29, 1.82) is 10.8 Å². The first-order valence-electron chi connectivity index (χ1n) is 5.72. The van der Waals surface area contributed by atoms with Crippen LogP contribution < -0.4 is 0 Å². The van der Waals surface area contributed by atoms with Gasteiger partial charge in [0, 0.05) is 19.1 Å². The summed E-state index contributed by atoms with van der Waals surface area (Å²) in [6, 6.07) is 6.27. The highest BCUT2D eigenvalue weighted by atomic mass is 16.5. The van der Waals surface area contributed by atoms with E-state index in [1.54, 1.807) is 31.2 Å². The number of carbonyl (C=O) groups is 1. The van der Waals surface area contributed by atoms with Crippen LogP contribution in [0.15, 0.2) is 24.3 Å². The zero-order valence-electron chi connectivity index (χ0n) is 10.8. The van der Waals surface area contributed by atoms with Crippen LogP contribution in [0.1, 0.15) is 31.1 Å². The molecule has 19 heavy (non-hydrogen) atoms. The predicted octanol–water partition coefficient (Wildman–Crippen LogP) is 2.19. The first-order valence-corrected chi connectivity index (χ1v) is 5.72. The average Bonchev–Trinajstić information content (AvgIpc) is 2.35. The molecule has 0 spiro atoms. The van der Waals surface area contributed by atoms with Gasteiger partial charge in [-0.2, -0.15) is 0 Å². The molecule has 0 aliphatic carbocycles. The van der Waals surface area contributed by atoms with Gasteiger partial charge in [0.25, 0.3) is 0 Å². The highest BCUT2D eigenvalue weighted by Gasteiger charge is 2.19. The summed E-state index contributed by atoms with van der Waals surface area (Å²) in [7, 11) is 0. The number of rotatable bonds is 5. The number of nitrogens with one attached hydrogen (secondary N) is 2.